The largest absolute Gasteiger partial charge is 0.493 e. The fourth-order valence-corrected chi connectivity index (χ4v) is 1.89. The van der Waals surface area contributed by atoms with Gasteiger partial charge in [-0.25, -0.2) is 0 Å². The van der Waals surface area contributed by atoms with Crippen LogP contribution in [0.1, 0.15) is 13.0 Å². The van der Waals surface area contributed by atoms with Crippen LogP contribution in [-0.4, -0.2) is 13.3 Å². The Labute approximate surface area is 117 Å². The first kappa shape index (κ1) is 15.4. The standard InChI is InChI=1S/C16H19BO.CH4/c1-17(2)15-9-6-10-16(13-15)18-12-11-14-7-4-3-5-8-14;/h3-10,13H,11-12H2,1-2H3;1H4. The van der Waals surface area contributed by atoms with E-state index in [1.807, 2.05) is 12.1 Å². The third-order valence-corrected chi connectivity index (χ3v) is 3.03. The van der Waals surface area contributed by atoms with Gasteiger partial charge >= 0.3 is 0 Å². The van der Waals surface area contributed by atoms with E-state index in [1.54, 1.807) is 0 Å². The zero-order valence-corrected chi connectivity index (χ0v) is 11.1. The topological polar surface area (TPSA) is 9.23 Å². The van der Waals surface area contributed by atoms with E-state index < -0.39 is 0 Å². The molecule has 0 fully saturated rings. The maximum Gasteiger partial charge on any atom is 0.169 e. The summed E-state index contributed by atoms with van der Waals surface area (Å²) in [5.74, 6) is 0.970. The lowest BCUT2D eigenvalue weighted by molar-refractivity contribution is 0.322. The van der Waals surface area contributed by atoms with Crippen molar-refractivity contribution in [3.8, 4) is 5.75 Å². The zero-order chi connectivity index (χ0) is 12.8. The lowest BCUT2D eigenvalue weighted by Gasteiger charge is -2.09. The number of hydrogen-bond acceptors (Lipinski definition) is 1. The van der Waals surface area contributed by atoms with E-state index >= 15 is 0 Å². The Balaban J connectivity index is 0.00000180. The van der Waals surface area contributed by atoms with Gasteiger partial charge in [-0.3, -0.25) is 0 Å². The van der Waals surface area contributed by atoms with Crippen molar-refractivity contribution in [3.63, 3.8) is 0 Å². The second-order valence-corrected chi connectivity index (χ2v) is 4.81. The highest BCUT2D eigenvalue weighted by atomic mass is 16.5. The molecule has 0 heterocycles. The molecule has 0 aliphatic carbocycles. The fourth-order valence-electron chi connectivity index (χ4n) is 1.89. The predicted molar refractivity (Wildman–Crippen MR) is 85.9 cm³/mol. The van der Waals surface area contributed by atoms with Crippen molar-refractivity contribution >= 4 is 12.2 Å². The second kappa shape index (κ2) is 7.68. The summed E-state index contributed by atoms with van der Waals surface area (Å²) in [5, 5.41) is 0. The number of ether oxygens (including phenoxy) is 1. The summed E-state index contributed by atoms with van der Waals surface area (Å²) >= 11 is 0. The van der Waals surface area contributed by atoms with Gasteiger partial charge in [0.25, 0.3) is 0 Å². The number of hydrogen-bond donors (Lipinski definition) is 0. The van der Waals surface area contributed by atoms with Crippen molar-refractivity contribution in [1.29, 1.82) is 0 Å². The molecule has 0 aliphatic heterocycles. The monoisotopic (exact) mass is 254 g/mol. The maximum atomic E-state index is 5.80. The molecule has 0 aliphatic rings. The minimum Gasteiger partial charge on any atom is -0.493 e. The van der Waals surface area contributed by atoms with Gasteiger partial charge in [-0.15, -0.1) is 0 Å². The molecule has 2 heteroatoms. The highest BCUT2D eigenvalue weighted by Crippen LogP contribution is 2.09. The van der Waals surface area contributed by atoms with Gasteiger partial charge in [0, 0.05) is 6.42 Å². The highest BCUT2D eigenvalue weighted by Gasteiger charge is 2.03. The van der Waals surface area contributed by atoms with E-state index in [0.717, 1.165) is 18.8 Å². The van der Waals surface area contributed by atoms with Gasteiger partial charge in [-0.1, -0.05) is 69.0 Å². The van der Waals surface area contributed by atoms with Crippen LogP contribution >= 0.6 is 0 Å². The maximum absolute atomic E-state index is 5.80. The lowest BCUT2D eigenvalue weighted by atomic mass is 9.49. The number of rotatable bonds is 5. The van der Waals surface area contributed by atoms with E-state index in [4.69, 9.17) is 4.74 Å². The summed E-state index contributed by atoms with van der Waals surface area (Å²) in [6.07, 6.45) is 0.951. The average Bonchev–Trinajstić information content (AvgIpc) is 2.40. The molecule has 0 saturated carbocycles. The van der Waals surface area contributed by atoms with Crippen LogP contribution in [0.25, 0.3) is 0 Å². The summed E-state index contributed by atoms with van der Waals surface area (Å²) < 4.78 is 5.80. The van der Waals surface area contributed by atoms with Crippen LogP contribution < -0.4 is 10.2 Å². The molecule has 0 spiro atoms. The third kappa shape index (κ3) is 4.82. The Morgan fingerprint density at radius 2 is 1.68 bits per heavy atom. The smallest absolute Gasteiger partial charge is 0.169 e. The minimum atomic E-state index is 0. The summed E-state index contributed by atoms with van der Waals surface area (Å²) in [6, 6.07) is 18.8. The van der Waals surface area contributed by atoms with Crippen LogP contribution in [0.2, 0.25) is 13.6 Å². The molecule has 2 aromatic carbocycles. The lowest BCUT2D eigenvalue weighted by Crippen LogP contribution is -2.22. The van der Waals surface area contributed by atoms with Crippen LogP contribution in [0.3, 0.4) is 0 Å². The summed E-state index contributed by atoms with van der Waals surface area (Å²) in [7, 11) is 0. The second-order valence-electron chi connectivity index (χ2n) is 4.81. The Bertz CT molecular complexity index is 480. The fraction of sp³-hybridized carbons (Fsp3) is 0.294. The van der Waals surface area contributed by atoms with E-state index in [1.165, 1.54) is 11.0 Å². The van der Waals surface area contributed by atoms with E-state index in [-0.39, 0.29) is 7.43 Å². The molecule has 0 unspecified atom stereocenters. The van der Waals surface area contributed by atoms with Gasteiger partial charge in [0.15, 0.2) is 6.71 Å². The zero-order valence-electron chi connectivity index (χ0n) is 11.1. The molecule has 0 bridgehead atoms. The summed E-state index contributed by atoms with van der Waals surface area (Å²) in [5.41, 5.74) is 2.64. The third-order valence-electron chi connectivity index (χ3n) is 3.03. The van der Waals surface area contributed by atoms with Gasteiger partial charge in [0.1, 0.15) is 5.75 Å². The van der Waals surface area contributed by atoms with Crippen molar-refractivity contribution in [3.05, 3.63) is 60.2 Å². The molecular formula is C17H23BO. The molecular weight excluding hydrogens is 231 g/mol. The molecule has 0 N–H and O–H groups in total. The molecule has 2 rings (SSSR count). The molecule has 0 amide bonds. The van der Waals surface area contributed by atoms with Crippen LogP contribution in [0.5, 0.6) is 5.75 Å². The van der Waals surface area contributed by atoms with Crippen LogP contribution in [0.4, 0.5) is 0 Å². The molecule has 100 valence electrons. The van der Waals surface area contributed by atoms with Gasteiger partial charge in [-0.2, -0.15) is 0 Å². The van der Waals surface area contributed by atoms with E-state index in [2.05, 4.69) is 56.1 Å². The van der Waals surface area contributed by atoms with E-state index in [9.17, 15) is 0 Å². The molecule has 1 nitrogen and oxygen atoms in total. The van der Waals surface area contributed by atoms with Crippen LogP contribution in [-0.2, 0) is 6.42 Å². The van der Waals surface area contributed by atoms with Crippen molar-refractivity contribution < 1.29 is 4.74 Å². The van der Waals surface area contributed by atoms with Crippen LogP contribution in [0, 0.1) is 0 Å². The first-order chi connectivity index (χ1) is 8.75. The summed E-state index contributed by atoms with van der Waals surface area (Å²) in [4.78, 5) is 0. The van der Waals surface area contributed by atoms with Crippen molar-refractivity contribution in [2.24, 2.45) is 0 Å². The van der Waals surface area contributed by atoms with Crippen molar-refractivity contribution in [2.45, 2.75) is 27.5 Å². The Hall–Kier alpha value is -1.70. The molecule has 0 atom stereocenters. The first-order valence-electron chi connectivity index (χ1n) is 6.52. The summed E-state index contributed by atoms with van der Waals surface area (Å²) in [6.45, 7) is 5.67. The highest BCUT2D eigenvalue weighted by molar-refractivity contribution is 6.70. The SMILES string of the molecule is C.CB(C)c1cccc(OCCc2ccccc2)c1. The van der Waals surface area contributed by atoms with Crippen molar-refractivity contribution in [2.75, 3.05) is 6.61 Å². The van der Waals surface area contributed by atoms with Gasteiger partial charge in [0.05, 0.1) is 6.61 Å². The van der Waals surface area contributed by atoms with Crippen molar-refractivity contribution in [1.82, 2.24) is 0 Å². The predicted octanol–water partition coefficient (Wildman–Crippen LogP) is 3.91. The molecule has 2 aromatic rings. The van der Waals surface area contributed by atoms with E-state index in [0.29, 0.717) is 6.71 Å². The molecule has 0 radical (unpaired) electrons. The molecule has 19 heavy (non-hydrogen) atoms. The van der Waals surface area contributed by atoms with Gasteiger partial charge < -0.3 is 4.74 Å². The Kier molecular flexibility index (Phi) is 6.21. The first-order valence-corrected chi connectivity index (χ1v) is 6.52. The van der Waals surface area contributed by atoms with Crippen LogP contribution in [0.15, 0.2) is 54.6 Å². The quantitative estimate of drug-likeness (QED) is 0.735. The molecule has 0 saturated heterocycles. The molecule has 0 aromatic heterocycles. The average molecular weight is 254 g/mol. The van der Waals surface area contributed by atoms with Gasteiger partial charge in [-0.05, 0) is 17.7 Å². The number of benzene rings is 2. The minimum absolute atomic E-state index is 0. The normalized spacial score (nSPS) is 9.58. The van der Waals surface area contributed by atoms with Gasteiger partial charge in [0.2, 0.25) is 0 Å². The Morgan fingerprint density at radius 1 is 0.947 bits per heavy atom. The Morgan fingerprint density at radius 3 is 2.37 bits per heavy atom.